The maximum Gasteiger partial charge on any atom is 0.171 e. The predicted octanol–water partition coefficient (Wildman–Crippen LogP) is 1.72. The number of nitrogens with zero attached hydrogens (tertiary/aromatic N) is 2. The molecule has 0 amide bonds. The molecule has 0 unspecified atom stereocenters. The molecule has 3 N–H and O–H groups in total. The summed E-state index contributed by atoms with van der Waals surface area (Å²) >= 11 is 0. The fraction of sp³-hybridized carbons (Fsp3) is 0.333. The van der Waals surface area contributed by atoms with E-state index in [1.165, 1.54) is 5.56 Å². The Hall–Kier alpha value is -1.68. The Bertz CT molecular complexity index is 458. The van der Waals surface area contributed by atoms with Crippen LogP contribution in [0.4, 0.5) is 0 Å². The molecule has 0 fully saturated rings. The number of hydrogen-bond donors (Lipinski definition) is 2. The van der Waals surface area contributed by atoms with Gasteiger partial charge in [0, 0.05) is 6.42 Å². The number of nitrogens with one attached hydrogen (secondary N) is 1. The van der Waals surface area contributed by atoms with E-state index in [1.807, 2.05) is 31.2 Å². The van der Waals surface area contributed by atoms with Gasteiger partial charge in [-0.25, -0.2) is 4.98 Å². The minimum absolute atomic E-state index is 0.253. The number of rotatable bonds is 3. The van der Waals surface area contributed by atoms with Gasteiger partial charge in [-0.05, 0) is 12.5 Å². The average Bonchev–Trinajstić information content (AvgIpc) is 2.77. The van der Waals surface area contributed by atoms with Gasteiger partial charge in [0.15, 0.2) is 5.82 Å². The molecule has 84 valence electrons. The normalized spacial score (nSPS) is 12.7. The van der Waals surface area contributed by atoms with Gasteiger partial charge in [0.1, 0.15) is 5.82 Å². The summed E-state index contributed by atoms with van der Waals surface area (Å²) in [5, 5.41) is 7.00. The Morgan fingerprint density at radius 2 is 2.00 bits per heavy atom. The van der Waals surface area contributed by atoms with E-state index >= 15 is 0 Å². The van der Waals surface area contributed by atoms with E-state index in [0.29, 0.717) is 5.82 Å². The van der Waals surface area contributed by atoms with Crippen LogP contribution in [-0.4, -0.2) is 15.2 Å². The van der Waals surface area contributed by atoms with Crippen LogP contribution in [0.25, 0.3) is 0 Å². The summed E-state index contributed by atoms with van der Waals surface area (Å²) in [7, 11) is 0. The van der Waals surface area contributed by atoms with Gasteiger partial charge in [0.25, 0.3) is 0 Å². The molecule has 0 saturated carbocycles. The number of hydrogen-bond acceptors (Lipinski definition) is 3. The molecule has 0 bridgehead atoms. The van der Waals surface area contributed by atoms with Crippen LogP contribution in [0.3, 0.4) is 0 Å². The molecule has 2 rings (SSSR count). The molecule has 0 aliphatic rings. The molecular weight excluding hydrogens is 200 g/mol. The molecule has 0 aliphatic carbocycles. The van der Waals surface area contributed by atoms with Crippen molar-refractivity contribution in [3.05, 3.63) is 47.0 Å². The van der Waals surface area contributed by atoms with Crippen LogP contribution >= 0.6 is 0 Å². The van der Waals surface area contributed by atoms with E-state index in [4.69, 9.17) is 5.73 Å². The van der Waals surface area contributed by atoms with Crippen LogP contribution in [0.1, 0.15) is 35.7 Å². The van der Waals surface area contributed by atoms with Crippen molar-refractivity contribution in [1.29, 1.82) is 0 Å². The maximum absolute atomic E-state index is 6.09. The first kappa shape index (κ1) is 10.8. The smallest absolute Gasteiger partial charge is 0.171 e. The molecule has 4 nitrogen and oxygen atoms in total. The van der Waals surface area contributed by atoms with Crippen LogP contribution in [0.2, 0.25) is 0 Å². The van der Waals surface area contributed by atoms with Gasteiger partial charge in [-0.2, -0.15) is 5.10 Å². The Morgan fingerprint density at radius 3 is 2.56 bits per heavy atom. The molecule has 1 heterocycles. The van der Waals surface area contributed by atoms with Crippen molar-refractivity contribution >= 4 is 0 Å². The zero-order chi connectivity index (χ0) is 11.5. The highest BCUT2D eigenvalue weighted by molar-refractivity contribution is 5.27. The summed E-state index contributed by atoms with van der Waals surface area (Å²) < 4.78 is 0. The third kappa shape index (κ3) is 2.12. The second-order valence-electron chi connectivity index (χ2n) is 3.88. The molecule has 0 saturated heterocycles. The summed E-state index contributed by atoms with van der Waals surface area (Å²) in [6, 6.07) is 7.87. The zero-order valence-electron chi connectivity index (χ0n) is 9.57. The SMILES string of the molecule is CCc1nc([C@H](N)c2ccc(C)cc2)n[nH]1. The summed E-state index contributed by atoms with van der Waals surface area (Å²) in [5.41, 5.74) is 8.35. The van der Waals surface area contributed by atoms with Gasteiger partial charge >= 0.3 is 0 Å². The number of aromatic nitrogens is 3. The molecule has 0 aliphatic heterocycles. The Balaban J connectivity index is 2.24. The van der Waals surface area contributed by atoms with Crippen molar-refractivity contribution in [2.24, 2.45) is 5.73 Å². The molecule has 1 atom stereocenters. The number of benzene rings is 1. The molecule has 1 aromatic carbocycles. The number of H-pyrrole nitrogens is 1. The molecule has 1 aromatic heterocycles. The molecule has 4 heteroatoms. The minimum Gasteiger partial charge on any atom is -0.318 e. The van der Waals surface area contributed by atoms with Gasteiger partial charge in [-0.1, -0.05) is 36.8 Å². The largest absolute Gasteiger partial charge is 0.318 e. The van der Waals surface area contributed by atoms with Gasteiger partial charge in [0.2, 0.25) is 0 Å². The van der Waals surface area contributed by atoms with Crippen LogP contribution in [0.15, 0.2) is 24.3 Å². The predicted molar refractivity (Wildman–Crippen MR) is 63.0 cm³/mol. The highest BCUT2D eigenvalue weighted by Gasteiger charge is 2.13. The Labute approximate surface area is 94.9 Å². The standard InChI is InChI=1S/C12H16N4/c1-3-10-14-12(16-15-10)11(13)9-6-4-8(2)5-7-9/h4-7,11H,3,13H2,1-2H3,(H,14,15,16)/t11-/m1/s1. The van der Waals surface area contributed by atoms with Crippen LogP contribution in [0.5, 0.6) is 0 Å². The average molecular weight is 216 g/mol. The van der Waals surface area contributed by atoms with Crippen LogP contribution in [0, 0.1) is 6.92 Å². The lowest BCUT2D eigenvalue weighted by Gasteiger charge is -2.07. The highest BCUT2D eigenvalue weighted by Crippen LogP contribution is 2.16. The fourth-order valence-electron chi connectivity index (χ4n) is 1.53. The summed E-state index contributed by atoms with van der Waals surface area (Å²) in [4.78, 5) is 4.34. The van der Waals surface area contributed by atoms with Crippen molar-refractivity contribution in [3.63, 3.8) is 0 Å². The van der Waals surface area contributed by atoms with Crippen molar-refractivity contribution < 1.29 is 0 Å². The van der Waals surface area contributed by atoms with E-state index in [-0.39, 0.29) is 6.04 Å². The number of nitrogens with two attached hydrogens (primary N) is 1. The third-order valence-electron chi connectivity index (χ3n) is 2.60. The maximum atomic E-state index is 6.09. The summed E-state index contributed by atoms with van der Waals surface area (Å²) in [6.45, 7) is 4.08. The second-order valence-corrected chi connectivity index (χ2v) is 3.88. The third-order valence-corrected chi connectivity index (χ3v) is 2.60. The van der Waals surface area contributed by atoms with E-state index in [9.17, 15) is 0 Å². The molecule has 0 spiro atoms. The Kier molecular flexibility index (Phi) is 3.01. The number of aryl methyl sites for hydroxylation is 2. The topological polar surface area (TPSA) is 67.6 Å². The van der Waals surface area contributed by atoms with Crippen molar-refractivity contribution in [2.75, 3.05) is 0 Å². The van der Waals surface area contributed by atoms with Crippen molar-refractivity contribution in [2.45, 2.75) is 26.3 Å². The van der Waals surface area contributed by atoms with Gasteiger partial charge in [-0.3, -0.25) is 5.10 Å². The first-order chi connectivity index (χ1) is 7.70. The summed E-state index contributed by atoms with van der Waals surface area (Å²) in [5.74, 6) is 1.53. The monoisotopic (exact) mass is 216 g/mol. The van der Waals surface area contributed by atoms with E-state index in [2.05, 4.69) is 22.1 Å². The van der Waals surface area contributed by atoms with E-state index in [1.54, 1.807) is 0 Å². The minimum atomic E-state index is -0.253. The lowest BCUT2D eigenvalue weighted by molar-refractivity contribution is 0.786. The van der Waals surface area contributed by atoms with Crippen molar-refractivity contribution in [3.8, 4) is 0 Å². The fourth-order valence-corrected chi connectivity index (χ4v) is 1.53. The van der Waals surface area contributed by atoms with Gasteiger partial charge in [0.05, 0.1) is 6.04 Å². The van der Waals surface area contributed by atoms with Crippen molar-refractivity contribution in [1.82, 2.24) is 15.2 Å². The van der Waals surface area contributed by atoms with E-state index in [0.717, 1.165) is 17.8 Å². The van der Waals surface area contributed by atoms with Crippen LogP contribution in [-0.2, 0) is 6.42 Å². The number of aromatic amines is 1. The lowest BCUT2D eigenvalue weighted by atomic mass is 10.1. The quantitative estimate of drug-likeness (QED) is 0.821. The molecule has 16 heavy (non-hydrogen) atoms. The first-order valence-corrected chi connectivity index (χ1v) is 5.44. The van der Waals surface area contributed by atoms with E-state index < -0.39 is 0 Å². The Morgan fingerprint density at radius 1 is 1.31 bits per heavy atom. The molecular formula is C12H16N4. The summed E-state index contributed by atoms with van der Waals surface area (Å²) in [6.07, 6.45) is 0.841. The lowest BCUT2D eigenvalue weighted by Crippen LogP contribution is -2.13. The molecule has 0 radical (unpaired) electrons. The zero-order valence-corrected chi connectivity index (χ0v) is 9.57. The second kappa shape index (κ2) is 4.45. The first-order valence-electron chi connectivity index (χ1n) is 5.44. The van der Waals surface area contributed by atoms with Gasteiger partial charge < -0.3 is 5.73 Å². The van der Waals surface area contributed by atoms with Crippen LogP contribution < -0.4 is 5.73 Å². The highest BCUT2D eigenvalue weighted by atomic mass is 15.2. The molecule has 2 aromatic rings. The van der Waals surface area contributed by atoms with Gasteiger partial charge in [-0.15, -0.1) is 0 Å².